The molecule has 0 atom stereocenters. The van der Waals surface area contributed by atoms with Gasteiger partial charge in [0.25, 0.3) is 0 Å². The maximum Gasteiger partial charge on any atom is 0.354 e. The fourth-order valence-corrected chi connectivity index (χ4v) is 1.46. The van der Waals surface area contributed by atoms with Crippen LogP contribution in [0.5, 0.6) is 0 Å². The topological polar surface area (TPSA) is 62.2 Å². The van der Waals surface area contributed by atoms with Crippen molar-refractivity contribution >= 4 is 29.1 Å². The van der Waals surface area contributed by atoms with E-state index in [1.54, 1.807) is 18.2 Å². The molecule has 0 spiro atoms. The Morgan fingerprint density at radius 2 is 2.11 bits per heavy atom. The minimum Gasteiger partial charge on any atom is -0.477 e. The third-order valence-electron chi connectivity index (χ3n) is 2.16. The minimum atomic E-state index is -1.12. The SMILES string of the molecule is O=C(O)c1cccc(Nc2ccc(Cl)c(F)c2)n1. The second kappa shape index (κ2) is 5.01. The Labute approximate surface area is 107 Å². The summed E-state index contributed by atoms with van der Waals surface area (Å²) in [7, 11) is 0. The summed E-state index contributed by atoms with van der Waals surface area (Å²) in [4.78, 5) is 14.6. The van der Waals surface area contributed by atoms with Gasteiger partial charge in [0.05, 0.1) is 5.02 Å². The van der Waals surface area contributed by atoms with Gasteiger partial charge in [-0.25, -0.2) is 14.2 Å². The molecule has 1 heterocycles. The number of hydrogen-bond acceptors (Lipinski definition) is 3. The van der Waals surface area contributed by atoms with Crippen LogP contribution >= 0.6 is 11.6 Å². The number of aromatic carboxylic acids is 1. The molecule has 18 heavy (non-hydrogen) atoms. The molecule has 6 heteroatoms. The molecule has 0 aliphatic rings. The predicted molar refractivity (Wildman–Crippen MR) is 65.9 cm³/mol. The Bertz CT molecular complexity index is 604. The van der Waals surface area contributed by atoms with Crippen LogP contribution in [0.1, 0.15) is 10.5 Å². The van der Waals surface area contributed by atoms with E-state index in [9.17, 15) is 9.18 Å². The van der Waals surface area contributed by atoms with Gasteiger partial charge in [-0.15, -0.1) is 0 Å². The van der Waals surface area contributed by atoms with E-state index >= 15 is 0 Å². The Kier molecular flexibility index (Phi) is 3.43. The Balaban J connectivity index is 2.25. The normalized spacial score (nSPS) is 10.1. The molecule has 0 bridgehead atoms. The van der Waals surface area contributed by atoms with Crippen LogP contribution in [0.2, 0.25) is 5.02 Å². The van der Waals surface area contributed by atoms with Crippen LogP contribution in [0.15, 0.2) is 36.4 Å². The highest BCUT2D eigenvalue weighted by Crippen LogP contribution is 2.21. The number of carboxylic acid groups (broad SMARTS) is 1. The molecule has 1 aromatic heterocycles. The molecule has 4 nitrogen and oxygen atoms in total. The quantitative estimate of drug-likeness (QED) is 0.895. The van der Waals surface area contributed by atoms with Gasteiger partial charge >= 0.3 is 5.97 Å². The van der Waals surface area contributed by atoms with Crippen LogP contribution in [-0.4, -0.2) is 16.1 Å². The van der Waals surface area contributed by atoms with Gasteiger partial charge in [-0.05, 0) is 30.3 Å². The lowest BCUT2D eigenvalue weighted by atomic mass is 10.3. The number of hydrogen-bond donors (Lipinski definition) is 2. The average Bonchev–Trinajstić information content (AvgIpc) is 2.34. The van der Waals surface area contributed by atoms with Gasteiger partial charge in [0.2, 0.25) is 0 Å². The van der Waals surface area contributed by atoms with Gasteiger partial charge in [-0.2, -0.15) is 0 Å². The molecule has 92 valence electrons. The first kappa shape index (κ1) is 12.3. The maximum atomic E-state index is 13.2. The van der Waals surface area contributed by atoms with Gasteiger partial charge in [0.15, 0.2) is 5.69 Å². The number of carboxylic acids is 1. The van der Waals surface area contributed by atoms with Crippen molar-refractivity contribution in [2.24, 2.45) is 0 Å². The molecule has 2 rings (SSSR count). The van der Waals surface area contributed by atoms with Gasteiger partial charge in [-0.3, -0.25) is 0 Å². The number of benzene rings is 1. The number of halogens is 2. The van der Waals surface area contributed by atoms with Crippen molar-refractivity contribution in [3.05, 3.63) is 52.9 Å². The monoisotopic (exact) mass is 266 g/mol. The highest BCUT2D eigenvalue weighted by atomic mass is 35.5. The average molecular weight is 267 g/mol. The lowest BCUT2D eigenvalue weighted by molar-refractivity contribution is 0.0690. The number of nitrogens with zero attached hydrogens (tertiary/aromatic N) is 1. The number of carbonyl (C=O) groups is 1. The molecule has 0 fully saturated rings. The molecule has 1 aromatic carbocycles. The second-order valence-electron chi connectivity index (χ2n) is 3.47. The van der Waals surface area contributed by atoms with Crippen LogP contribution in [0, 0.1) is 5.82 Å². The molecule has 0 saturated carbocycles. The number of pyridine rings is 1. The molecule has 0 aliphatic carbocycles. The van der Waals surface area contributed by atoms with E-state index in [1.807, 2.05) is 0 Å². The Hall–Kier alpha value is -2.14. The van der Waals surface area contributed by atoms with Crippen LogP contribution in [0.3, 0.4) is 0 Å². The van der Waals surface area contributed by atoms with Crippen molar-refractivity contribution in [1.82, 2.24) is 4.98 Å². The third kappa shape index (κ3) is 2.75. The van der Waals surface area contributed by atoms with Gasteiger partial charge in [-0.1, -0.05) is 17.7 Å². The number of aromatic nitrogens is 1. The first-order chi connectivity index (χ1) is 8.56. The van der Waals surface area contributed by atoms with Crippen LogP contribution in [-0.2, 0) is 0 Å². The zero-order valence-corrected chi connectivity index (χ0v) is 9.78. The van der Waals surface area contributed by atoms with E-state index in [2.05, 4.69) is 10.3 Å². The summed E-state index contributed by atoms with van der Waals surface area (Å²) in [5.74, 6) is -1.37. The standard InChI is InChI=1S/C12H8ClFN2O2/c13-8-5-4-7(6-9(8)14)15-11-3-1-2-10(16-11)12(17)18/h1-6H,(H,15,16)(H,17,18). The van der Waals surface area contributed by atoms with E-state index in [0.29, 0.717) is 11.5 Å². The summed E-state index contributed by atoms with van der Waals surface area (Å²) < 4.78 is 13.2. The molecule has 0 unspecified atom stereocenters. The fraction of sp³-hybridized carbons (Fsp3) is 0. The summed E-state index contributed by atoms with van der Waals surface area (Å²) in [6, 6.07) is 8.68. The maximum absolute atomic E-state index is 13.2. The molecule has 2 N–H and O–H groups in total. The summed E-state index contributed by atoms with van der Waals surface area (Å²) in [6.07, 6.45) is 0. The van der Waals surface area contributed by atoms with Crippen molar-refractivity contribution in [2.45, 2.75) is 0 Å². The van der Waals surface area contributed by atoms with E-state index in [4.69, 9.17) is 16.7 Å². The zero-order chi connectivity index (χ0) is 13.1. The molecule has 2 aromatic rings. The van der Waals surface area contributed by atoms with E-state index in [0.717, 1.165) is 0 Å². The summed E-state index contributed by atoms with van der Waals surface area (Å²) in [6.45, 7) is 0. The van der Waals surface area contributed by atoms with E-state index in [1.165, 1.54) is 18.2 Å². The van der Waals surface area contributed by atoms with Crippen molar-refractivity contribution in [3.63, 3.8) is 0 Å². The third-order valence-corrected chi connectivity index (χ3v) is 2.47. The highest BCUT2D eigenvalue weighted by molar-refractivity contribution is 6.30. The molecular weight excluding hydrogens is 259 g/mol. The first-order valence-corrected chi connectivity index (χ1v) is 5.36. The van der Waals surface area contributed by atoms with E-state index < -0.39 is 11.8 Å². The Morgan fingerprint density at radius 3 is 2.78 bits per heavy atom. The lowest BCUT2D eigenvalue weighted by Crippen LogP contribution is -2.02. The van der Waals surface area contributed by atoms with Crippen LogP contribution in [0.4, 0.5) is 15.9 Å². The van der Waals surface area contributed by atoms with Gasteiger partial charge in [0.1, 0.15) is 11.6 Å². The molecule has 0 aliphatic heterocycles. The lowest BCUT2D eigenvalue weighted by Gasteiger charge is -2.06. The van der Waals surface area contributed by atoms with Crippen molar-refractivity contribution in [1.29, 1.82) is 0 Å². The number of anilines is 2. The Morgan fingerprint density at radius 1 is 1.33 bits per heavy atom. The van der Waals surface area contributed by atoms with E-state index in [-0.39, 0.29) is 10.7 Å². The molecular formula is C12H8ClFN2O2. The smallest absolute Gasteiger partial charge is 0.354 e. The second-order valence-corrected chi connectivity index (χ2v) is 3.87. The van der Waals surface area contributed by atoms with Crippen molar-refractivity contribution in [2.75, 3.05) is 5.32 Å². The molecule has 0 saturated heterocycles. The summed E-state index contributed by atoms with van der Waals surface area (Å²) in [5, 5.41) is 11.6. The highest BCUT2D eigenvalue weighted by Gasteiger charge is 2.06. The number of nitrogens with one attached hydrogen (secondary N) is 1. The first-order valence-electron chi connectivity index (χ1n) is 4.98. The molecule has 0 radical (unpaired) electrons. The summed E-state index contributed by atoms with van der Waals surface area (Å²) >= 11 is 5.55. The van der Waals surface area contributed by atoms with Crippen LogP contribution in [0.25, 0.3) is 0 Å². The van der Waals surface area contributed by atoms with Crippen molar-refractivity contribution < 1.29 is 14.3 Å². The van der Waals surface area contributed by atoms with Crippen molar-refractivity contribution in [3.8, 4) is 0 Å². The van der Waals surface area contributed by atoms with Gasteiger partial charge < -0.3 is 10.4 Å². The van der Waals surface area contributed by atoms with Crippen LogP contribution < -0.4 is 5.32 Å². The molecule has 0 amide bonds. The largest absolute Gasteiger partial charge is 0.477 e. The summed E-state index contributed by atoms with van der Waals surface area (Å²) in [5.41, 5.74) is 0.348. The zero-order valence-electron chi connectivity index (χ0n) is 9.02. The number of rotatable bonds is 3. The minimum absolute atomic E-state index is 0.0211. The van der Waals surface area contributed by atoms with Gasteiger partial charge in [0, 0.05) is 5.69 Å². The predicted octanol–water partition coefficient (Wildman–Crippen LogP) is 3.32. The fourth-order valence-electron chi connectivity index (χ4n) is 1.35.